The maximum absolute atomic E-state index is 9.86. The van der Waals surface area contributed by atoms with E-state index in [0.717, 1.165) is 51.6 Å². The average Bonchev–Trinajstić information content (AvgIpc) is 3.27. The number of rotatable bonds is 6. The van der Waals surface area contributed by atoms with Crippen LogP contribution in [0.15, 0.2) is 36.7 Å². The predicted molar refractivity (Wildman–Crippen MR) is 143 cm³/mol. The molecule has 4 aromatic rings. The summed E-state index contributed by atoms with van der Waals surface area (Å²) in [5.74, 6) is 1.85. The molecule has 9 heteroatoms. The van der Waals surface area contributed by atoms with E-state index >= 15 is 0 Å². The summed E-state index contributed by atoms with van der Waals surface area (Å²) >= 11 is 1.65. The summed E-state index contributed by atoms with van der Waals surface area (Å²) in [4.78, 5) is 20.1. The van der Waals surface area contributed by atoms with Crippen LogP contribution in [0.5, 0.6) is 0 Å². The van der Waals surface area contributed by atoms with E-state index in [-0.39, 0.29) is 12.2 Å². The number of hydrogen-bond acceptors (Lipinski definition) is 9. The molecule has 188 valence electrons. The first-order chi connectivity index (χ1) is 17.5. The molecule has 6 rings (SSSR count). The Hall–Kier alpha value is -2.85. The molecular formula is C27H31N5O3S. The minimum Gasteiger partial charge on any atom is -0.395 e. The molecule has 3 aromatic heterocycles. The summed E-state index contributed by atoms with van der Waals surface area (Å²) in [7, 11) is 0. The fourth-order valence-corrected chi connectivity index (χ4v) is 6.40. The zero-order valence-electron chi connectivity index (χ0n) is 20.7. The lowest BCUT2D eigenvalue weighted by atomic mass is 9.90. The molecule has 2 aliphatic heterocycles. The Bertz CT molecular complexity index is 1380. The standard InChI is InChI=1S/C27H31N5O3S/c1-27(2)14-19-20(16-35-27)24(31-9-12-34-13-10-31)30-26-21(19)22-23(36-26)25(29-17-28-22)32(8-11-33)15-18-6-4-3-5-7-18/h3-7,17,33H,8-16H2,1-2H3. The number of benzene rings is 1. The number of ether oxygens (including phenoxy) is 2. The van der Waals surface area contributed by atoms with Crippen molar-refractivity contribution < 1.29 is 14.6 Å². The number of morpholine rings is 1. The Morgan fingerprint density at radius 3 is 2.69 bits per heavy atom. The molecule has 0 bridgehead atoms. The first kappa shape index (κ1) is 23.5. The highest BCUT2D eigenvalue weighted by molar-refractivity contribution is 7.26. The summed E-state index contributed by atoms with van der Waals surface area (Å²) in [6.45, 7) is 9.09. The van der Waals surface area contributed by atoms with Crippen LogP contribution in [-0.2, 0) is 29.0 Å². The summed E-state index contributed by atoms with van der Waals surface area (Å²) < 4.78 is 12.9. The van der Waals surface area contributed by atoms with E-state index in [1.54, 1.807) is 17.7 Å². The van der Waals surface area contributed by atoms with E-state index in [9.17, 15) is 5.11 Å². The van der Waals surface area contributed by atoms with E-state index in [0.29, 0.717) is 32.9 Å². The van der Waals surface area contributed by atoms with E-state index in [4.69, 9.17) is 24.4 Å². The van der Waals surface area contributed by atoms with E-state index in [1.165, 1.54) is 16.7 Å². The molecule has 0 saturated carbocycles. The van der Waals surface area contributed by atoms with Crippen molar-refractivity contribution in [3.05, 3.63) is 53.3 Å². The second kappa shape index (κ2) is 9.55. The molecule has 2 aliphatic rings. The number of thiophene rings is 1. The molecule has 1 N–H and O–H groups in total. The number of nitrogens with zero attached hydrogens (tertiary/aromatic N) is 5. The molecule has 0 radical (unpaired) electrons. The van der Waals surface area contributed by atoms with E-state index < -0.39 is 0 Å². The zero-order valence-corrected chi connectivity index (χ0v) is 21.6. The van der Waals surface area contributed by atoms with Gasteiger partial charge in [-0.25, -0.2) is 15.0 Å². The third kappa shape index (κ3) is 4.30. The second-order valence-electron chi connectivity index (χ2n) is 10.0. The number of hydrogen-bond donors (Lipinski definition) is 1. The zero-order chi connectivity index (χ0) is 24.7. The normalized spacial score (nSPS) is 17.5. The van der Waals surface area contributed by atoms with Gasteiger partial charge in [-0.2, -0.15) is 0 Å². The lowest BCUT2D eigenvalue weighted by Crippen LogP contribution is -2.39. The number of aliphatic hydroxyl groups is 1. The van der Waals surface area contributed by atoms with Crippen molar-refractivity contribution in [1.29, 1.82) is 0 Å². The molecule has 0 aliphatic carbocycles. The maximum Gasteiger partial charge on any atom is 0.150 e. The average molecular weight is 506 g/mol. The minimum absolute atomic E-state index is 0.0452. The maximum atomic E-state index is 9.86. The van der Waals surface area contributed by atoms with Crippen LogP contribution in [0.4, 0.5) is 11.6 Å². The van der Waals surface area contributed by atoms with Crippen LogP contribution in [-0.4, -0.2) is 65.1 Å². The molecule has 1 fully saturated rings. The van der Waals surface area contributed by atoms with Crippen molar-refractivity contribution >= 4 is 43.4 Å². The van der Waals surface area contributed by atoms with Crippen LogP contribution < -0.4 is 9.80 Å². The van der Waals surface area contributed by atoms with Crippen LogP contribution >= 0.6 is 11.3 Å². The molecular weight excluding hydrogens is 474 g/mol. The third-order valence-corrected chi connectivity index (χ3v) is 8.05. The highest BCUT2D eigenvalue weighted by Crippen LogP contribution is 2.44. The Kier molecular flexibility index (Phi) is 6.25. The fraction of sp³-hybridized carbons (Fsp3) is 0.444. The van der Waals surface area contributed by atoms with Gasteiger partial charge in [0.25, 0.3) is 0 Å². The van der Waals surface area contributed by atoms with Crippen molar-refractivity contribution in [1.82, 2.24) is 15.0 Å². The van der Waals surface area contributed by atoms with Crippen molar-refractivity contribution in [3.63, 3.8) is 0 Å². The molecule has 8 nitrogen and oxygen atoms in total. The van der Waals surface area contributed by atoms with Gasteiger partial charge in [-0.15, -0.1) is 11.3 Å². The fourth-order valence-electron chi connectivity index (χ4n) is 5.22. The number of anilines is 2. The van der Waals surface area contributed by atoms with Gasteiger partial charge in [-0.1, -0.05) is 30.3 Å². The Balaban J connectivity index is 1.53. The quantitative estimate of drug-likeness (QED) is 0.422. The van der Waals surface area contributed by atoms with Crippen LogP contribution in [0.2, 0.25) is 0 Å². The Morgan fingerprint density at radius 1 is 1.11 bits per heavy atom. The molecule has 0 atom stereocenters. The number of aliphatic hydroxyl groups excluding tert-OH is 1. The second-order valence-corrected chi connectivity index (χ2v) is 11.0. The highest BCUT2D eigenvalue weighted by Gasteiger charge is 2.33. The van der Waals surface area contributed by atoms with Crippen molar-refractivity contribution in [3.8, 4) is 0 Å². The van der Waals surface area contributed by atoms with Crippen LogP contribution in [0.25, 0.3) is 20.4 Å². The van der Waals surface area contributed by atoms with Crippen LogP contribution in [0.1, 0.15) is 30.5 Å². The van der Waals surface area contributed by atoms with Gasteiger partial charge in [0.1, 0.15) is 17.0 Å². The van der Waals surface area contributed by atoms with Crippen molar-refractivity contribution in [2.75, 3.05) is 49.3 Å². The minimum atomic E-state index is -0.260. The van der Waals surface area contributed by atoms with Gasteiger partial charge in [0, 0.05) is 43.5 Å². The smallest absolute Gasteiger partial charge is 0.150 e. The van der Waals surface area contributed by atoms with Gasteiger partial charge in [0.05, 0.1) is 42.2 Å². The van der Waals surface area contributed by atoms with Gasteiger partial charge in [0.2, 0.25) is 0 Å². The number of fused-ring (bicyclic) bond motifs is 5. The third-order valence-electron chi connectivity index (χ3n) is 6.98. The Labute approximate surface area is 214 Å². The van der Waals surface area contributed by atoms with Gasteiger partial charge in [-0.05, 0) is 25.0 Å². The van der Waals surface area contributed by atoms with Gasteiger partial charge in [0.15, 0.2) is 5.82 Å². The predicted octanol–water partition coefficient (Wildman–Crippen LogP) is 3.93. The number of pyridine rings is 1. The van der Waals surface area contributed by atoms with Crippen molar-refractivity contribution in [2.24, 2.45) is 0 Å². The molecule has 0 spiro atoms. The molecule has 0 unspecified atom stereocenters. The molecule has 0 amide bonds. The summed E-state index contributed by atoms with van der Waals surface area (Å²) in [5.41, 5.74) is 4.29. The van der Waals surface area contributed by atoms with E-state index in [1.807, 2.05) is 18.2 Å². The molecule has 5 heterocycles. The number of aromatic nitrogens is 3. The van der Waals surface area contributed by atoms with Gasteiger partial charge in [-0.3, -0.25) is 0 Å². The van der Waals surface area contributed by atoms with Crippen LogP contribution in [0.3, 0.4) is 0 Å². The molecule has 1 aromatic carbocycles. The van der Waals surface area contributed by atoms with Gasteiger partial charge < -0.3 is 24.4 Å². The highest BCUT2D eigenvalue weighted by atomic mass is 32.1. The lowest BCUT2D eigenvalue weighted by molar-refractivity contribution is -0.0396. The summed E-state index contributed by atoms with van der Waals surface area (Å²) in [5, 5.41) is 11.0. The van der Waals surface area contributed by atoms with Gasteiger partial charge >= 0.3 is 0 Å². The molecule has 36 heavy (non-hydrogen) atoms. The van der Waals surface area contributed by atoms with E-state index in [2.05, 4.69) is 35.8 Å². The molecule has 1 saturated heterocycles. The Morgan fingerprint density at radius 2 is 1.92 bits per heavy atom. The topological polar surface area (TPSA) is 83.8 Å². The summed E-state index contributed by atoms with van der Waals surface area (Å²) in [6.07, 6.45) is 2.44. The first-order valence-corrected chi connectivity index (χ1v) is 13.3. The van der Waals surface area contributed by atoms with Crippen molar-refractivity contribution in [2.45, 2.75) is 39.0 Å². The summed E-state index contributed by atoms with van der Waals surface area (Å²) in [6, 6.07) is 10.3. The monoisotopic (exact) mass is 505 g/mol. The SMILES string of the molecule is CC1(C)Cc2c(c(N3CCOCC3)nc3sc4c(N(CCO)Cc5ccccc5)ncnc4c23)CO1. The van der Waals surface area contributed by atoms with Crippen LogP contribution in [0, 0.1) is 0 Å². The first-order valence-electron chi connectivity index (χ1n) is 12.5. The largest absolute Gasteiger partial charge is 0.395 e. The lowest BCUT2D eigenvalue weighted by Gasteiger charge is -2.36.